The highest BCUT2D eigenvalue weighted by Crippen LogP contribution is 2.34. The zero-order chi connectivity index (χ0) is 14.7. The van der Waals surface area contributed by atoms with Crippen molar-refractivity contribution < 1.29 is 9.90 Å². The molecule has 5 heteroatoms. The number of hydrogen-bond acceptors (Lipinski definition) is 2. The van der Waals surface area contributed by atoms with E-state index in [1.807, 2.05) is 42.5 Å². The zero-order valence-corrected chi connectivity index (χ0v) is 13.5. The van der Waals surface area contributed by atoms with E-state index in [0.717, 1.165) is 11.1 Å². The van der Waals surface area contributed by atoms with E-state index >= 15 is 0 Å². The Bertz CT molecular complexity index is 659. The van der Waals surface area contributed by atoms with Gasteiger partial charge in [0.05, 0.1) is 5.69 Å². The number of aliphatic carboxylic acids is 1. The second-order valence-corrected chi connectivity index (χ2v) is 5.82. The van der Waals surface area contributed by atoms with Crippen molar-refractivity contribution >= 4 is 49.1 Å². The highest BCUT2D eigenvalue weighted by atomic mass is 79.9. The van der Waals surface area contributed by atoms with E-state index < -0.39 is 5.97 Å². The second kappa shape index (κ2) is 6.24. The molecule has 0 atom stereocenters. The van der Waals surface area contributed by atoms with Crippen molar-refractivity contribution in [3.63, 3.8) is 0 Å². The summed E-state index contributed by atoms with van der Waals surface area (Å²) in [7, 11) is 0. The molecule has 0 bridgehead atoms. The Morgan fingerprint density at radius 3 is 2.10 bits per heavy atom. The zero-order valence-electron chi connectivity index (χ0n) is 10.3. The van der Waals surface area contributed by atoms with E-state index in [0.29, 0.717) is 20.2 Å². The fourth-order valence-corrected chi connectivity index (χ4v) is 3.00. The summed E-state index contributed by atoms with van der Waals surface area (Å²) in [6.07, 6.45) is 1.19. The first-order valence-corrected chi connectivity index (χ1v) is 7.32. The van der Waals surface area contributed by atoms with Gasteiger partial charge in [-0.05, 0) is 60.7 Å². The largest absolute Gasteiger partial charge is 0.478 e. The summed E-state index contributed by atoms with van der Waals surface area (Å²) in [6, 6.07) is 13.0. The molecule has 3 nitrogen and oxygen atoms in total. The highest BCUT2D eigenvalue weighted by Gasteiger charge is 2.11. The average molecular weight is 397 g/mol. The monoisotopic (exact) mass is 395 g/mol. The molecule has 0 amide bonds. The van der Waals surface area contributed by atoms with Gasteiger partial charge in [0, 0.05) is 15.0 Å². The lowest BCUT2D eigenvalue weighted by atomic mass is 9.97. The van der Waals surface area contributed by atoms with Crippen LogP contribution >= 0.6 is 31.9 Å². The number of anilines is 1. The molecule has 2 aromatic rings. The van der Waals surface area contributed by atoms with Crippen LogP contribution in [0, 0.1) is 0 Å². The number of halogens is 2. The van der Waals surface area contributed by atoms with Crippen LogP contribution < -0.4 is 5.73 Å². The van der Waals surface area contributed by atoms with Gasteiger partial charge >= 0.3 is 5.97 Å². The summed E-state index contributed by atoms with van der Waals surface area (Å²) in [6.45, 7) is 0. The van der Waals surface area contributed by atoms with Crippen LogP contribution in [0.4, 0.5) is 5.69 Å². The number of rotatable bonds is 3. The number of nitrogen functional groups attached to an aromatic ring is 1. The van der Waals surface area contributed by atoms with Gasteiger partial charge in [0.1, 0.15) is 0 Å². The van der Waals surface area contributed by atoms with Gasteiger partial charge in [-0.1, -0.05) is 30.3 Å². The highest BCUT2D eigenvalue weighted by molar-refractivity contribution is 9.11. The van der Waals surface area contributed by atoms with Crippen molar-refractivity contribution in [2.24, 2.45) is 0 Å². The Morgan fingerprint density at radius 2 is 1.60 bits per heavy atom. The molecular formula is C15H11Br2NO2. The topological polar surface area (TPSA) is 63.3 Å². The molecule has 0 unspecified atom stereocenters. The van der Waals surface area contributed by atoms with Crippen LogP contribution in [0.25, 0.3) is 5.57 Å². The molecule has 0 saturated heterocycles. The van der Waals surface area contributed by atoms with Crippen LogP contribution in [0.2, 0.25) is 0 Å². The third kappa shape index (κ3) is 3.29. The predicted octanol–water partition coefficient (Wildman–Crippen LogP) is 4.31. The van der Waals surface area contributed by atoms with Crippen LogP contribution in [0.1, 0.15) is 11.1 Å². The first-order chi connectivity index (χ1) is 9.49. The number of carbonyl (C=O) groups is 1. The maximum atomic E-state index is 11.1. The van der Waals surface area contributed by atoms with Gasteiger partial charge in [0.15, 0.2) is 0 Å². The molecule has 0 radical (unpaired) electrons. The van der Waals surface area contributed by atoms with Crippen molar-refractivity contribution in [2.75, 3.05) is 5.73 Å². The summed E-state index contributed by atoms with van der Waals surface area (Å²) in [5.74, 6) is -0.993. The Hall–Kier alpha value is -1.59. The standard InChI is InChI=1S/C15H11Br2NO2/c16-12-6-10(7-13(17)15(12)18)11(8-14(19)20)9-4-2-1-3-5-9/h1-8H,18H2,(H,19,20). The van der Waals surface area contributed by atoms with Gasteiger partial charge in [0.2, 0.25) is 0 Å². The Balaban J connectivity index is 2.62. The van der Waals surface area contributed by atoms with Gasteiger partial charge in [0.25, 0.3) is 0 Å². The van der Waals surface area contributed by atoms with E-state index in [9.17, 15) is 4.79 Å². The van der Waals surface area contributed by atoms with E-state index in [4.69, 9.17) is 10.8 Å². The fraction of sp³-hybridized carbons (Fsp3) is 0. The van der Waals surface area contributed by atoms with Gasteiger partial charge in [-0.3, -0.25) is 0 Å². The van der Waals surface area contributed by atoms with Gasteiger partial charge in [-0.2, -0.15) is 0 Å². The minimum Gasteiger partial charge on any atom is -0.478 e. The molecule has 0 saturated carbocycles. The lowest BCUT2D eigenvalue weighted by Crippen LogP contribution is -1.97. The summed E-state index contributed by atoms with van der Waals surface area (Å²) in [4.78, 5) is 11.1. The molecule has 0 fully saturated rings. The third-order valence-electron chi connectivity index (χ3n) is 2.74. The lowest BCUT2D eigenvalue weighted by Gasteiger charge is -2.11. The lowest BCUT2D eigenvalue weighted by molar-refractivity contribution is -0.131. The molecule has 2 aromatic carbocycles. The van der Waals surface area contributed by atoms with Crippen molar-refractivity contribution in [3.8, 4) is 0 Å². The Morgan fingerprint density at radius 1 is 1.05 bits per heavy atom. The molecule has 0 aromatic heterocycles. The first-order valence-electron chi connectivity index (χ1n) is 5.74. The normalized spacial score (nSPS) is 11.4. The van der Waals surface area contributed by atoms with E-state index in [2.05, 4.69) is 31.9 Å². The second-order valence-electron chi connectivity index (χ2n) is 4.12. The molecule has 0 aliphatic carbocycles. The number of hydrogen-bond donors (Lipinski definition) is 2. The summed E-state index contributed by atoms with van der Waals surface area (Å²) < 4.78 is 1.43. The summed E-state index contributed by atoms with van der Waals surface area (Å²) >= 11 is 6.75. The Labute approximate surface area is 133 Å². The smallest absolute Gasteiger partial charge is 0.328 e. The fourth-order valence-electron chi connectivity index (χ4n) is 1.81. The van der Waals surface area contributed by atoms with Crippen molar-refractivity contribution in [3.05, 3.63) is 68.6 Å². The van der Waals surface area contributed by atoms with Gasteiger partial charge in [-0.25, -0.2) is 4.79 Å². The van der Waals surface area contributed by atoms with E-state index in [1.165, 1.54) is 6.08 Å². The van der Waals surface area contributed by atoms with Crippen LogP contribution in [0.5, 0.6) is 0 Å². The molecular weight excluding hydrogens is 386 g/mol. The maximum Gasteiger partial charge on any atom is 0.328 e. The SMILES string of the molecule is Nc1c(Br)cc(C(=CC(=O)O)c2ccccc2)cc1Br. The molecule has 0 spiro atoms. The van der Waals surface area contributed by atoms with Crippen molar-refractivity contribution in [1.82, 2.24) is 0 Å². The molecule has 0 heterocycles. The van der Waals surface area contributed by atoms with E-state index in [1.54, 1.807) is 0 Å². The minimum absolute atomic E-state index is 0.580. The minimum atomic E-state index is -0.993. The molecule has 0 aliphatic heterocycles. The Kier molecular flexibility index (Phi) is 4.62. The molecule has 2 rings (SSSR count). The van der Waals surface area contributed by atoms with Crippen LogP contribution in [-0.2, 0) is 4.79 Å². The quantitative estimate of drug-likeness (QED) is 0.600. The third-order valence-corrected chi connectivity index (χ3v) is 4.05. The maximum absolute atomic E-state index is 11.1. The summed E-state index contributed by atoms with van der Waals surface area (Å²) in [5, 5.41) is 9.08. The average Bonchev–Trinajstić information content (AvgIpc) is 2.42. The van der Waals surface area contributed by atoms with Crippen molar-refractivity contribution in [1.29, 1.82) is 0 Å². The molecule has 102 valence electrons. The predicted molar refractivity (Wildman–Crippen MR) is 87.4 cm³/mol. The number of carboxylic acid groups (broad SMARTS) is 1. The van der Waals surface area contributed by atoms with Crippen LogP contribution in [0.15, 0.2) is 57.5 Å². The number of benzene rings is 2. The van der Waals surface area contributed by atoms with E-state index in [-0.39, 0.29) is 0 Å². The number of carboxylic acids is 1. The van der Waals surface area contributed by atoms with Crippen LogP contribution in [0.3, 0.4) is 0 Å². The van der Waals surface area contributed by atoms with Crippen molar-refractivity contribution in [2.45, 2.75) is 0 Å². The van der Waals surface area contributed by atoms with Crippen LogP contribution in [-0.4, -0.2) is 11.1 Å². The molecule has 0 aliphatic rings. The first kappa shape index (κ1) is 14.8. The molecule has 3 N–H and O–H groups in total. The molecule has 20 heavy (non-hydrogen) atoms. The van der Waals surface area contributed by atoms with Gasteiger partial charge in [-0.15, -0.1) is 0 Å². The number of nitrogens with two attached hydrogens (primary N) is 1. The summed E-state index contributed by atoms with van der Waals surface area (Å²) in [5.41, 5.74) is 8.67. The van der Waals surface area contributed by atoms with Gasteiger partial charge < -0.3 is 10.8 Å².